The Bertz CT molecular complexity index is 1250. The lowest BCUT2D eigenvalue weighted by Crippen LogP contribution is -2.60. The van der Waals surface area contributed by atoms with E-state index in [-0.39, 0.29) is 17.7 Å². The number of halogens is 1. The van der Waals surface area contributed by atoms with Crippen molar-refractivity contribution in [2.24, 2.45) is 11.8 Å². The number of rotatable bonds is 4. The van der Waals surface area contributed by atoms with Crippen molar-refractivity contribution in [3.63, 3.8) is 0 Å². The van der Waals surface area contributed by atoms with Gasteiger partial charge in [-0.05, 0) is 40.5 Å². The highest BCUT2D eigenvalue weighted by molar-refractivity contribution is 6.31. The van der Waals surface area contributed by atoms with Gasteiger partial charge in [-0.25, -0.2) is 4.90 Å². The van der Waals surface area contributed by atoms with Crippen LogP contribution in [0.1, 0.15) is 28.2 Å². The molecule has 3 aromatic rings. The predicted octanol–water partition coefficient (Wildman–Crippen LogP) is 4.51. The van der Waals surface area contributed by atoms with E-state index in [0.29, 0.717) is 10.7 Å². The maximum atomic E-state index is 14.2. The maximum Gasteiger partial charge on any atom is 0.239 e. The van der Waals surface area contributed by atoms with Crippen molar-refractivity contribution < 1.29 is 19.1 Å². The summed E-state index contributed by atoms with van der Waals surface area (Å²) in [5.41, 5.74) is 3.59. The molecule has 2 bridgehead atoms. The molecule has 2 atom stereocenters. The molecule has 0 spiro atoms. The number of nitrogens with zero attached hydrogens (tertiary/aromatic N) is 1. The minimum Gasteiger partial charge on any atom is -0.355 e. The first kappa shape index (κ1) is 20.6. The summed E-state index contributed by atoms with van der Waals surface area (Å²) < 4.78 is 11.8. The number of imide groups is 1. The van der Waals surface area contributed by atoms with Gasteiger partial charge >= 0.3 is 0 Å². The molecule has 0 aromatic heterocycles. The predicted molar refractivity (Wildman–Crippen MR) is 124 cm³/mol. The molecule has 6 heteroatoms. The van der Waals surface area contributed by atoms with Gasteiger partial charge in [0.2, 0.25) is 11.8 Å². The number of carbonyl (C=O) groups excluding carboxylic acids is 2. The molecule has 33 heavy (non-hydrogen) atoms. The lowest BCUT2D eigenvalue weighted by atomic mass is 9.47. The van der Waals surface area contributed by atoms with Crippen molar-refractivity contribution in [3.05, 3.63) is 100 Å². The van der Waals surface area contributed by atoms with Gasteiger partial charge in [-0.1, -0.05) is 66.2 Å². The van der Waals surface area contributed by atoms with Gasteiger partial charge in [0.25, 0.3) is 0 Å². The van der Waals surface area contributed by atoms with Crippen molar-refractivity contribution >= 4 is 29.1 Å². The molecule has 1 aliphatic heterocycles. The van der Waals surface area contributed by atoms with Crippen LogP contribution in [0.25, 0.3) is 0 Å². The van der Waals surface area contributed by atoms with Crippen LogP contribution in [0.2, 0.25) is 5.02 Å². The maximum absolute atomic E-state index is 14.2. The quantitative estimate of drug-likeness (QED) is 0.425. The van der Waals surface area contributed by atoms with Crippen molar-refractivity contribution in [1.29, 1.82) is 0 Å². The Kier molecular flexibility index (Phi) is 4.53. The molecule has 3 aromatic carbocycles. The SMILES string of the molecule is COC(OC)C12c3ccccc3C(c3ccccc31)[C@H]1C(=O)N(c3cccc(Cl)c3)C(=O)[C@@H]12. The van der Waals surface area contributed by atoms with Crippen LogP contribution < -0.4 is 4.90 Å². The summed E-state index contributed by atoms with van der Waals surface area (Å²) in [6, 6.07) is 23.0. The second-order valence-electron chi connectivity index (χ2n) is 8.82. The third-order valence-corrected chi connectivity index (χ3v) is 7.79. The molecular weight excluding hydrogens is 438 g/mol. The summed E-state index contributed by atoms with van der Waals surface area (Å²) in [5.74, 6) is -1.91. The number of amides is 2. The zero-order valence-corrected chi connectivity index (χ0v) is 19.0. The Morgan fingerprint density at radius 1 is 0.848 bits per heavy atom. The third kappa shape index (κ3) is 2.45. The molecule has 1 heterocycles. The highest BCUT2D eigenvalue weighted by Crippen LogP contribution is 2.65. The second kappa shape index (κ2) is 7.26. The van der Waals surface area contributed by atoms with Gasteiger partial charge in [0.05, 0.1) is 22.9 Å². The number of ether oxygens (including phenoxy) is 2. The Hall–Kier alpha value is -2.99. The molecule has 1 fully saturated rings. The van der Waals surface area contributed by atoms with E-state index in [1.165, 1.54) is 4.90 Å². The van der Waals surface area contributed by atoms with E-state index >= 15 is 0 Å². The zero-order valence-electron chi connectivity index (χ0n) is 18.2. The van der Waals surface area contributed by atoms with Crippen molar-refractivity contribution in [1.82, 2.24) is 0 Å². The summed E-state index contributed by atoms with van der Waals surface area (Å²) in [6.07, 6.45) is -0.760. The van der Waals surface area contributed by atoms with Gasteiger partial charge in [-0.2, -0.15) is 0 Å². The average molecular weight is 460 g/mol. The van der Waals surface area contributed by atoms with E-state index in [0.717, 1.165) is 22.3 Å². The molecule has 4 aliphatic rings. The zero-order chi connectivity index (χ0) is 22.9. The Morgan fingerprint density at radius 3 is 2.03 bits per heavy atom. The summed E-state index contributed by atoms with van der Waals surface area (Å²) >= 11 is 6.22. The van der Waals surface area contributed by atoms with Gasteiger partial charge in [0.15, 0.2) is 6.29 Å². The molecule has 7 rings (SSSR count). The molecule has 2 amide bonds. The second-order valence-corrected chi connectivity index (χ2v) is 9.26. The molecule has 166 valence electrons. The number of anilines is 1. The van der Waals surface area contributed by atoms with Crippen LogP contribution in [-0.2, 0) is 24.5 Å². The lowest BCUT2D eigenvalue weighted by Gasteiger charge is -2.56. The van der Waals surface area contributed by atoms with Gasteiger partial charge in [0.1, 0.15) is 0 Å². The summed E-state index contributed by atoms with van der Waals surface area (Å²) in [6.45, 7) is 0. The highest BCUT2D eigenvalue weighted by Gasteiger charge is 2.71. The van der Waals surface area contributed by atoms with Crippen LogP contribution in [-0.4, -0.2) is 32.3 Å². The molecular formula is C27H22ClNO4. The van der Waals surface area contributed by atoms with Crippen molar-refractivity contribution in [2.45, 2.75) is 17.6 Å². The molecule has 0 unspecified atom stereocenters. The average Bonchev–Trinajstić information content (AvgIpc) is 3.11. The molecule has 1 saturated heterocycles. The van der Waals surface area contributed by atoms with Crippen LogP contribution in [0.3, 0.4) is 0 Å². The molecule has 0 radical (unpaired) electrons. The van der Waals surface area contributed by atoms with Gasteiger partial charge < -0.3 is 9.47 Å². The topological polar surface area (TPSA) is 55.8 Å². The normalized spacial score (nSPS) is 27.0. The fourth-order valence-corrected chi connectivity index (χ4v) is 6.75. The van der Waals surface area contributed by atoms with Gasteiger partial charge in [-0.15, -0.1) is 0 Å². The van der Waals surface area contributed by atoms with E-state index in [1.807, 2.05) is 36.4 Å². The van der Waals surface area contributed by atoms with Crippen LogP contribution in [0, 0.1) is 11.8 Å². The Labute approximate surface area is 196 Å². The number of carbonyl (C=O) groups is 2. The van der Waals surface area contributed by atoms with Gasteiger partial charge in [-0.3, -0.25) is 9.59 Å². The molecule has 3 aliphatic carbocycles. The highest BCUT2D eigenvalue weighted by atomic mass is 35.5. The third-order valence-electron chi connectivity index (χ3n) is 7.55. The van der Waals surface area contributed by atoms with E-state index in [4.69, 9.17) is 21.1 Å². The fourth-order valence-electron chi connectivity index (χ4n) is 6.57. The van der Waals surface area contributed by atoms with Crippen molar-refractivity contribution in [3.8, 4) is 0 Å². The molecule has 0 saturated carbocycles. The number of hydrogen-bond acceptors (Lipinski definition) is 4. The summed E-state index contributed by atoms with van der Waals surface area (Å²) in [4.78, 5) is 29.5. The fraction of sp³-hybridized carbons (Fsp3) is 0.259. The van der Waals surface area contributed by atoms with Crippen LogP contribution in [0.5, 0.6) is 0 Å². The van der Waals surface area contributed by atoms with Crippen molar-refractivity contribution in [2.75, 3.05) is 19.1 Å². The van der Waals surface area contributed by atoms with Crippen LogP contribution in [0.4, 0.5) is 5.69 Å². The first-order chi connectivity index (χ1) is 16.1. The Balaban J connectivity index is 1.68. The monoisotopic (exact) mass is 459 g/mol. The van der Waals surface area contributed by atoms with E-state index in [2.05, 4.69) is 12.1 Å². The smallest absolute Gasteiger partial charge is 0.239 e. The first-order valence-electron chi connectivity index (χ1n) is 10.9. The van der Waals surface area contributed by atoms with E-state index in [9.17, 15) is 9.59 Å². The van der Waals surface area contributed by atoms with Gasteiger partial charge in [0, 0.05) is 25.2 Å². The minimum atomic E-state index is -0.962. The van der Waals surface area contributed by atoms with E-state index in [1.54, 1.807) is 38.5 Å². The minimum absolute atomic E-state index is 0.211. The largest absolute Gasteiger partial charge is 0.355 e. The molecule has 5 nitrogen and oxygen atoms in total. The summed E-state index contributed by atoms with van der Waals surface area (Å²) in [5, 5.41) is 0.471. The number of hydrogen-bond donors (Lipinski definition) is 0. The molecule has 0 N–H and O–H groups in total. The van der Waals surface area contributed by atoms with Crippen LogP contribution >= 0.6 is 11.6 Å². The first-order valence-corrected chi connectivity index (χ1v) is 11.3. The Morgan fingerprint density at radius 2 is 1.45 bits per heavy atom. The van der Waals surface area contributed by atoms with Crippen LogP contribution in [0.15, 0.2) is 72.8 Å². The standard InChI is InChI=1S/C27H22ClNO4/c1-32-26(33-2)27-19-12-5-3-10-17(19)21(18-11-4-6-13-20(18)27)22-23(27)25(31)29(24(22)30)16-9-7-8-15(28)14-16/h3-14,21-23,26H,1-2H3/t21?,22-,23-,27?/m1/s1. The number of methoxy groups -OCH3 is 2. The lowest BCUT2D eigenvalue weighted by molar-refractivity contribution is -0.168. The van der Waals surface area contributed by atoms with E-state index < -0.39 is 23.5 Å². The number of benzene rings is 3. The summed E-state index contributed by atoms with van der Waals surface area (Å²) in [7, 11) is 3.17.